The van der Waals surface area contributed by atoms with Crippen LogP contribution in [0.3, 0.4) is 0 Å². The van der Waals surface area contributed by atoms with Crippen LogP contribution in [0.4, 0.5) is 13.2 Å². The Morgan fingerprint density at radius 2 is 1.81 bits per heavy atom. The second-order valence-electron chi connectivity index (χ2n) is 4.42. The van der Waals surface area contributed by atoms with E-state index in [0.29, 0.717) is 21.6 Å². The van der Waals surface area contributed by atoms with Crippen molar-refractivity contribution in [2.24, 2.45) is 0 Å². The van der Waals surface area contributed by atoms with E-state index >= 15 is 0 Å². The quantitative estimate of drug-likeness (QED) is 0.719. The monoisotopic (exact) mass is 377 g/mol. The molecule has 0 aliphatic carbocycles. The molecule has 112 valence electrons. The van der Waals surface area contributed by atoms with Gasteiger partial charge < -0.3 is 5.32 Å². The average molecular weight is 379 g/mol. The van der Waals surface area contributed by atoms with Gasteiger partial charge in [-0.3, -0.25) is 0 Å². The number of nitrogens with one attached hydrogen (secondary N) is 1. The molecule has 0 fully saturated rings. The molecule has 0 amide bonds. The molecule has 6 heteroatoms. The van der Waals surface area contributed by atoms with Crippen molar-refractivity contribution in [1.29, 1.82) is 0 Å². The molecule has 0 saturated carbocycles. The van der Waals surface area contributed by atoms with Crippen LogP contribution < -0.4 is 5.32 Å². The van der Waals surface area contributed by atoms with Gasteiger partial charge in [0.2, 0.25) is 0 Å². The normalized spacial score (nSPS) is 12.5. The second kappa shape index (κ2) is 6.81. The standard InChI is InChI=1S/C15H12BrClF3N/c1-2-21-15(10-7-8(17)3-5-11(10)16)9-4-6-12(18)14(20)13(9)19/h3-7,15,21H,2H2,1H3. The molecule has 2 aromatic carbocycles. The Hall–Kier alpha value is -1.04. The van der Waals surface area contributed by atoms with Crippen molar-refractivity contribution in [2.45, 2.75) is 13.0 Å². The summed E-state index contributed by atoms with van der Waals surface area (Å²) in [6.07, 6.45) is 0. The van der Waals surface area contributed by atoms with Crippen LogP contribution in [0.25, 0.3) is 0 Å². The minimum Gasteiger partial charge on any atom is -0.306 e. The van der Waals surface area contributed by atoms with Crippen molar-refractivity contribution in [3.63, 3.8) is 0 Å². The molecule has 0 aliphatic heterocycles. The van der Waals surface area contributed by atoms with Gasteiger partial charge in [0.1, 0.15) is 0 Å². The number of halogens is 5. The molecule has 0 heterocycles. The molecule has 0 radical (unpaired) electrons. The molecule has 0 bridgehead atoms. The van der Waals surface area contributed by atoms with Gasteiger partial charge in [0.15, 0.2) is 17.5 Å². The van der Waals surface area contributed by atoms with Gasteiger partial charge in [-0.25, -0.2) is 13.2 Å². The summed E-state index contributed by atoms with van der Waals surface area (Å²) in [6, 6.07) is 6.56. The molecular formula is C15H12BrClF3N. The fourth-order valence-electron chi connectivity index (χ4n) is 2.09. The Kier molecular flexibility index (Phi) is 5.30. The molecule has 0 aliphatic rings. The van der Waals surface area contributed by atoms with Crippen molar-refractivity contribution < 1.29 is 13.2 Å². The number of rotatable bonds is 4. The first-order chi connectivity index (χ1) is 9.95. The molecule has 2 aromatic rings. The van der Waals surface area contributed by atoms with Gasteiger partial charge in [-0.1, -0.05) is 40.5 Å². The summed E-state index contributed by atoms with van der Waals surface area (Å²) in [7, 11) is 0. The van der Waals surface area contributed by atoms with Crippen molar-refractivity contribution >= 4 is 27.5 Å². The van der Waals surface area contributed by atoms with E-state index in [1.807, 2.05) is 6.92 Å². The molecule has 0 spiro atoms. The zero-order valence-electron chi connectivity index (χ0n) is 11.1. The zero-order valence-corrected chi connectivity index (χ0v) is 13.4. The number of benzene rings is 2. The Bertz CT molecular complexity index is 664. The Labute approximate surface area is 134 Å². The Balaban J connectivity index is 2.59. The summed E-state index contributed by atoms with van der Waals surface area (Å²) < 4.78 is 41.3. The van der Waals surface area contributed by atoms with Gasteiger partial charge in [-0.05, 0) is 36.4 Å². The highest BCUT2D eigenvalue weighted by molar-refractivity contribution is 9.10. The van der Waals surface area contributed by atoms with Crippen molar-refractivity contribution in [2.75, 3.05) is 6.54 Å². The lowest BCUT2D eigenvalue weighted by molar-refractivity contribution is 0.433. The summed E-state index contributed by atoms with van der Waals surface area (Å²) in [5.41, 5.74) is 0.674. The molecular weight excluding hydrogens is 367 g/mol. The minimum absolute atomic E-state index is 0.0266. The molecule has 2 rings (SSSR count). The first-order valence-corrected chi connectivity index (χ1v) is 7.44. The highest BCUT2D eigenvalue weighted by Crippen LogP contribution is 2.33. The van der Waals surface area contributed by atoms with E-state index in [-0.39, 0.29) is 5.56 Å². The summed E-state index contributed by atoms with van der Waals surface area (Å²) in [6.45, 7) is 2.35. The van der Waals surface area contributed by atoms with E-state index in [1.54, 1.807) is 18.2 Å². The van der Waals surface area contributed by atoms with E-state index < -0.39 is 23.5 Å². The van der Waals surface area contributed by atoms with E-state index in [0.717, 1.165) is 6.07 Å². The summed E-state index contributed by atoms with van der Waals surface area (Å²) in [4.78, 5) is 0. The molecule has 1 atom stereocenters. The first-order valence-electron chi connectivity index (χ1n) is 6.27. The molecule has 1 nitrogen and oxygen atoms in total. The summed E-state index contributed by atoms with van der Waals surface area (Å²) >= 11 is 9.34. The predicted octanol–water partition coefficient (Wildman–Crippen LogP) is 5.22. The van der Waals surface area contributed by atoms with Crippen LogP contribution in [0.1, 0.15) is 24.1 Å². The molecule has 0 aromatic heterocycles. The van der Waals surface area contributed by atoms with Crippen LogP contribution in [0.15, 0.2) is 34.8 Å². The molecule has 1 N–H and O–H groups in total. The van der Waals surface area contributed by atoms with Gasteiger partial charge in [-0.2, -0.15) is 0 Å². The largest absolute Gasteiger partial charge is 0.306 e. The molecule has 0 saturated heterocycles. The van der Waals surface area contributed by atoms with Crippen LogP contribution in [-0.4, -0.2) is 6.54 Å². The Morgan fingerprint density at radius 3 is 2.48 bits per heavy atom. The molecule has 1 unspecified atom stereocenters. The molecule has 21 heavy (non-hydrogen) atoms. The Morgan fingerprint density at radius 1 is 1.10 bits per heavy atom. The third kappa shape index (κ3) is 3.42. The van der Waals surface area contributed by atoms with Gasteiger partial charge in [0.05, 0.1) is 6.04 Å². The maximum atomic E-state index is 14.1. The van der Waals surface area contributed by atoms with Gasteiger partial charge >= 0.3 is 0 Å². The van der Waals surface area contributed by atoms with Crippen LogP contribution in [0.2, 0.25) is 5.02 Å². The lowest BCUT2D eigenvalue weighted by Crippen LogP contribution is -2.24. The third-order valence-corrected chi connectivity index (χ3v) is 4.01. The van der Waals surface area contributed by atoms with Crippen molar-refractivity contribution in [1.82, 2.24) is 5.32 Å². The van der Waals surface area contributed by atoms with E-state index in [4.69, 9.17) is 11.6 Å². The fraction of sp³-hybridized carbons (Fsp3) is 0.200. The SMILES string of the molecule is CCNC(c1cc(Cl)ccc1Br)c1ccc(F)c(F)c1F. The number of hydrogen-bond acceptors (Lipinski definition) is 1. The lowest BCUT2D eigenvalue weighted by Gasteiger charge is -2.21. The second-order valence-corrected chi connectivity index (χ2v) is 5.71. The van der Waals surface area contributed by atoms with Crippen LogP contribution in [0, 0.1) is 17.5 Å². The topological polar surface area (TPSA) is 12.0 Å². The van der Waals surface area contributed by atoms with Gasteiger partial charge in [-0.15, -0.1) is 0 Å². The average Bonchev–Trinajstić information content (AvgIpc) is 2.46. The van der Waals surface area contributed by atoms with E-state index in [1.165, 1.54) is 6.07 Å². The van der Waals surface area contributed by atoms with Gasteiger partial charge in [0, 0.05) is 15.1 Å². The smallest absolute Gasteiger partial charge is 0.194 e. The van der Waals surface area contributed by atoms with E-state index in [9.17, 15) is 13.2 Å². The highest BCUT2D eigenvalue weighted by Gasteiger charge is 2.23. The van der Waals surface area contributed by atoms with Crippen LogP contribution >= 0.6 is 27.5 Å². The maximum Gasteiger partial charge on any atom is 0.194 e. The maximum absolute atomic E-state index is 14.1. The predicted molar refractivity (Wildman–Crippen MR) is 81.0 cm³/mol. The van der Waals surface area contributed by atoms with Crippen molar-refractivity contribution in [3.8, 4) is 0 Å². The fourth-order valence-corrected chi connectivity index (χ4v) is 2.75. The van der Waals surface area contributed by atoms with Gasteiger partial charge in [0.25, 0.3) is 0 Å². The lowest BCUT2D eigenvalue weighted by atomic mass is 9.98. The minimum atomic E-state index is -1.48. The van der Waals surface area contributed by atoms with Crippen LogP contribution in [0.5, 0.6) is 0 Å². The van der Waals surface area contributed by atoms with E-state index in [2.05, 4.69) is 21.2 Å². The third-order valence-electron chi connectivity index (χ3n) is 3.05. The summed E-state index contributed by atoms with van der Waals surface area (Å²) in [5.74, 6) is -3.89. The summed E-state index contributed by atoms with van der Waals surface area (Å²) in [5, 5.41) is 3.52. The van der Waals surface area contributed by atoms with Crippen LogP contribution in [-0.2, 0) is 0 Å². The van der Waals surface area contributed by atoms with Crippen molar-refractivity contribution in [3.05, 3.63) is 68.4 Å². The zero-order chi connectivity index (χ0) is 15.6. The highest BCUT2D eigenvalue weighted by atomic mass is 79.9. The first kappa shape index (κ1) is 16.3. The number of hydrogen-bond donors (Lipinski definition) is 1.